The largest absolute Gasteiger partial charge is 0.502 e. The fourth-order valence-corrected chi connectivity index (χ4v) is 2.72. The van der Waals surface area contributed by atoms with Gasteiger partial charge in [-0.2, -0.15) is 0 Å². The first-order valence-electron chi connectivity index (χ1n) is 8.77. The first-order chi connectivity index (χ1) is 12.1. The molecule has 1 aromatic rings. The van der Waals surface area contributed by atoms with Crippen LogP contribution in [0.1, 0.15) is 38.7 Å². The molecule has 0 atom stereocenters. The number of hydrogen-bond acceptors (Lipinski definition) is 3. The number of aliphatic hydroxyl groups excluding tert-OH is 1. The minimum atomic E-state index is -0.675. The lowest BCUT2D eigenvalue weighted by atomic mass is 9.96. The van der Waals surface area contributed by atoms with Crippen LogP contribution in [0.25, 0.3) is 0 Å². The molecule has 0 amide bonds. The lowest BCUT2D eigenvalue weighted by Crippen LogP contribution is -2.07. The van der Waals surface area contributed by atoms with Gasteiger partial charge in [0.25, 0.3) is 0 Å². The Morgan fingerprint density at radius 1 is 1.16 bits per heavy atom. The number of hydrogen-bond donors (Lipinski definition) is 1. The molecule has 1 N–H and O–H groups in total. The molecule has 1 aliphatic rings. The van der Waals surface area contributed by atoms with Gasteiger partial charge in [0, 0.05) is 0 Å². The van der Waals surface area contributed by atoms with E-state index in [-0.39, 0.29) is 12.4 Å². The van der Waals surface area contributed by atoms with Crippen molar-refractivity contribution in [1.82, 2.24) is 0 Å². The highest BCUT2D eigenvalue weighted by molar-refractivity contribution is 5.86. The van der Waals surface area contributed by atoms with E-state index in [9.17, 15) is 9.90 Å². The lowest BCUT2D eigenvalue weighted by Gasteiger charge is -2.10. The molecule has 3 heteroatoms. The van der Waals surface area contributed by atoms with Crippen LogP contribution >= 0.6 is 0 Å². The van der Waals surface area contributed by atoms with E-state index in [1.54, 1.807) is 6.92 Å². The van der Waals surface area contributed by atoms with Crippen LogP contribution < -0.4 is 0 Å². The lowest BCUT2D eigenvalue weighted by molar-refractivity contribution is -0.141. The van der Waals surface area contributed by atoms with Gasteiger partial charge >= 0.3 is 5.97 Å². The average molecular weight is 338 g/mol. The van der Waals surface area contributed by atoms with Crippen molar-refractivity contribution in [2.24, 2.45) is 0 Å². The summed E-state index contributed by atoms with van der Waals surface area (Å²) < 4.78 is 4.82. The number of rotatable bonds is 6. The van der Waals surface area contributed by atoms with E-state index in [1.807, 2.05) is 12.1 Å². The van der Waals surface area contributed by atoms with E-state index < -0.39 is 5.97 Å². The molecule has 2 rings (SSSR count). The molecule has 0 saturated carbocycles. The van der Waals surface area contributed by atoms with E-state index >= 15 is 0 Å². The Labute approximate surface area is 150 Å². The third kappa shape index (κ3) is 6.46. The minimum Gasteiger partial charge on any atom is -0.502 e. The smallest absolute Gasteiger partial charge is 0.373 e. The fraction of sp³-hybridized carbons (Fsp3) is 0.318. The minimum absolute atomic E-state index is 0.251. The number of aryl methyl sites for hydroxylation is 1. The molecule has 0 fully saturated rings. The molecule has 0 radical (unpaired) electrons. The highest BCUT2D eigenvalue weighted by atomic mass is 16.5. The average Bonchev–Trinajstić information content (AvgIpc) is 2.60. The summed E-state index contributed by atoms with van der Waals surface area (Å²) in [6, 6.07) is 10.4. The third-order valence-corrected chi connectivity index (χ3v) is 4.10. The Kier molecular flexibility index (Phi) is 7.27. The van der Waals surface area contributed by atoms with Crippen molar-refractivity contribution in [3.8, 4) is 0 Å². The van der Waals surface area contributed by atoms with Crippen molar-refractivity contribution in [1.29, 1.82) is 0 Å². The highest BCUT2D eigenvalue weighted by Gasteiger charge is 2.10. The predicted octanol–water partition coefficient (Wildman–Crippen LogP) is 5.22. The Hall–Kier alpha value is -2.55. The summed E-state index contributed by atoms with van der Waals surface area (Å²) >= 11 is 0. The maximum absolute atomic E-state index is 11.6. The van der Waals surface area contributed by atoms with Gasteiger partial charge in [0.2, 0.25) is 5.76 Å². The van der Waals surface area contributed by atoms with Gasteiger partial charge in [0.15, 0.2) is 0 Å². The topological polar surface area (TPSA) is 46.5 Å². The summed E-state index contributed by atoms with van der Waals surface area (Å²) in [4.78, 5) is 11.6. The molecule has 0 heterocycles. The molecule has 0 aromatic heterocycles. The number of carbonyl (C=O) groups excluding carboxylic acids is 1. The van der Waals surface area contributed by atoms with E-state index in [4.69, 9.17) is 4.74 Å². The molecule has 0 bridgehead atoms. The predicted molar refractivity (Wildman–Crippen MR) is 101 cm³/mol. The van der Waals surface area contributed by atoms with Gasteiger partial charge in [-0.25, -0.2) is 4.79 Å². The first kappa shape index (κ1) is 18.8. The van der Waals surface area contributed by atoms with Gasteiger partial charge in [-0.15, -0.1) is 0 Å². The Balaban J connectivity index is 2.11. The monoisotopic (exact) mass is 338 g/mol. The number of aliphatic hydroxyl groups is 1. The second-order valence-electron chi connectivity index (χ2n) is 6.21. The standard InChI is InChI=1S/C22H26O3/c1-3-25-22(24)21(23)16-20-10-9-17(2)15-19(13-14-20)12-11-18-7-5-4-6-8-18/h4-8,13-16,23H,3,9-12H2,1-2H3/b17-15+,19-13-,20-14+,21-16-. The SMILES string of the molecule is CCOC(=O)/C(O)=C/C1=C/C=C(CCc2ccccc2)\C=C(/C)CC1. The second kappa shape index (κ2) is 9.67. The highest BCUT2D eigenvalue weighted by Crippen LogP contribution is 2.21. The van der Waals surface area contributed by atoms with Crippen LogP contribution in [0, 0.1) is 0 Å². The molecule has 0 unspecified atom stereocenters. The second-order valence-corrected chi connectivity index (χ2v) is 6.21. The molecular weight excluding hydrogens is 312 g/mol. The van der Waals surface area contributed by atoms with Gasteiger partial charge in [0.05, 0.1) is 6.61 Å². The van der Waals surface area contributed by atoms with Gasteiger partial charge in [-0.1, -0.05) is 54.1 Å². The normalized spacial score (nSPS) is 21.7. The summed E-state index contributed by atoms with van der Waals surface area (Å²) in [5.74, 6) is -1.01. The van der Waals surface area contributed by atoms with Crippen LogP contribution in [0.15, 0.2) is 77.1 Å². The molecule has 0 aliphatic heterocycles. The molecule has 1 aliphatic carbocycles. The van der Waals surface area contributed by atoms with Crippen LogP contribution in [0.4, 0.5) is 0 Å². The summed E-state index contributed by atoms with van der Waals surface area (Å²) in [5.41, 5.74) is 4.80. The van der Waals surface area contributed by atoms with Crippen molar-refractivity contribution >= 4 is 5.97 Å². The van der Waals surface area contributed by atoms with E-state index in [1.165, 1.54) is 22.8 Å². The molecule has 1 aromatic carbocycles. The summed E-state index contributed by atoms with van der Waals surface area (Å²) in [6.45, 7) is 4.09. The summed E-state index contributed by atoms with van der Waals surface area (Å²) in [6.07, 6.45) is 11.5. The van der Waals surface area contributed by atoms with Crippen LogP contribution in [0.3, 0.4) is 0 Å². The molecule has 3 nitrogen and oxygen atoms in total. The number of benzene rings is 1. The van der Waals surface area contributed by atoms with Gasteiger partial charge in [0.1, 0.15) is 0 Å². The summed E-state index contributed by atoms with van der Waals surface area (Å²) in [7, 11) is 0. The zero-order chi connectivity index (χ0) is 18.1. The van der Waals surface area contributed by atoms with Crippen molar-refractivity contribution in [2.75, 3.05) is 6.61 Å². The van der Waals surface area contributed by atoms with E-state index in [0.717, 1.165) is 31.3 Å². The zero-order valence-corrected chi connectivity index (χ0v) is 15.0. The van der Waals surface area contributed by atoms with Gasteiger partial charge in [-0.05, 0) is 62.3 Å². The van der Waals surface area contributed by atoms with Crippen LogP contribution in [-0.2, 0) is 16.0 Å². The molecule has 0 spiro atoms. The van der Waals surface area contributed by atoms with Gasteiger partial charge < -0.3 is 9.84 Å². The quantitative estimate of drug-likeness (QED) is 0.439. The van der Waals surface area contributed by atoms with E-state index in [0.29, 0.717) is 0 Å². The first-order valence-corrected chi connectivity index (χ1v) is 8.77. The van der Waals surface area contributed by atoms with Crippen LogP contribution in [0.2, 0.25) is 0 Å². The molecule has 132 valence electrons. The number of ether oxygens (including phenoxy) is 1. The molecular formula is C22H26O3. The van der Waals surface area contributed by atoms with E-state index in [2.05, 4.69) is 43.3 Å². The summed E-state index contributed by atoms with van der Waals surface area (Å²) in [5, 5.41) is 9.86. The van der Waals surface area contributed by atoms with Crippen molar-refractivity contribution in [3.63, 3.8) is 0 Å². The van der Waals surface area contributed by atoms with Gasteiger partial charge in [-0.3, -0.25) is 0 Å². The number of allylic oxidation sites excluding steroid dienone is 7. The van der Waals surface area contributed by atoms with Crippen molar-refractivity contribution in [2.45, 2.75) is 39.5 Å². The van der Waals surface area contributed by atoms with Crippen LogP contribution in [-0.4, -0.2) is 17.7 Å². The van der Waals surface area contributed by atoms with Crippen molar-refractivity contribution in [3.05, 3.63) is 82.7 Å². The number of esters is 1. The van der Waals surface area contributed by atoms with Crippen molar-refractivity contribution < 1.29 is 14.6 Å². The Morgan fingerprint density at radius 2 is 1.92 bits per heavy atom. The molecule has 25 heavy (non-hydrogen) atoms. The Morgan fingerprint density at radius 3 is 2.64 bits per heavy atom. The maximum atomic E-state index is 11.6. The number of carbonyl (C=O) groups is 1. The zero-order valence-electron chi connectivity index (χ0n) is 15.0. The maximum Gasteiger partial charge on any atom is 0.373 e. The fourth-order valence-electron chi connectivity index (χ4n) is 2.72. The van der Waals surface area contributed by atoms with Crippen LogP contribution in [0.5, 0.6) is 0 Å². The molecule has 0 saturated heterocycles. The Bertz CT molecular complexity index is 706. The third-order valence-electron chi connectivity index (χ3n) is 4.10.